The normalized spacial score (nSPS) is 21.5. The van der Waals surface area contributed by atoms with Gasteiger partial charge >= 0.3 is 5.88 Å². The van der Waals surface area contributed by atoms with E-state index in [1.54, 1.807) is 54.4 Å². The SMILES string of the molecule is CN1C[C@H](c2ccc([N+](=O)[O-])o2)[C@@H](C(=O)c2ccccc2Cl)C12C(=O)c1ccccc1C2=O. The molecule has 2 aromatic carbocycles. The second-order valence-electron chi connectivity index (χ2n) is 8.21. The van der Waals surface area contributed by atoms with Crippen LogP contribution in [0.1, 0.15) is 42.8 Å². The molecule has 1 spiro atoms. The smallest absolute Gasteiger partial charge is 0.405 e. The average molecular weight is 465 g/mol. The molecule has 3 aromatic rings. The molecule has 166 valence electrons. The van der Waals surface area contributed by atoms with E-state index in [0.717, 1.165) is 0 Å². The lowest BCUT2D eigenvalue weighted by molar-refractivity contribution is -0.402. The third kappa shape index (κ3) is 2.84. The number of carbonyl (C=O) groups excluding carboxylic acids is 3. The Labute approximate surface area is 192 Å². The molecule has 2 heterocycles. The van der Waals surface area contributed by atoms with Gasteiger partial charge in [-0.1, -0.05) is 48.0 Å². The summed E-state index contributed by atoms with van der Waals surface area (Å²) in [7, 11) is 1.60. The van der Waals surface area contributed by atoms with E-state index < -0.39 is 45.5 Å². The van der Waals surface area contributed by atoms with E-state index >= 15 is 0 Å². The first-order valence-corrected chi connectivity index (χ1v) is 10.6. The Morgan fingerprint density at radius 3 is 2.24 bits per heavy atom. The molecule has 1 fully saturated rings. The zero-order chi connectivity index (χ0) is 23.5. The molecule has 0 bridgehead atoms. The minimum atomic E-state index is -1.80. The third-order valence-electron chi connectivity index (χ3n) is 6.61. The number of nitro groups is 1. The Morgan fingerprint density at radius 1 is 1.06 bits per heavy atom. The number of halogens is 1. The number of rotatable bonds is 4. The topological polar surface area (TPSA) is 111 Å². The molecule has 1 aliphatic carbocycles. The molecule has 1 aliphatic heterocycles. The average Bonchev–Trinajstić information content (AvgIpc) is 3.46. The highest BCUT2D eigenvalue weighted by molar-refractivity contribution is 6.37. The van der Waals surface area contributed by atoms with Gasteiger partial charge in [-0.05, 0) is 25.2 Å². The molecule has 0 unspecified atom stereocenters. The first-order valence-electron chi connectivity index (χ1n) is 10.2. The molecule has 2 atom stereocenters. The Hall–Kier alpha value is -3.62. The minimum absolute atomic E-state index is 0.108. The number of carbonyl (C=O) groups is 3. The van der Waals surface area contributed by atoms with Crippen molar-refractivity contribution in [2.24, 2.45) is 5.92 Å². The van der Waals surface area contributed by atoms with Crippen molar-refractivity contribution in [3.63, 3.8) is 0 Å². The zero-order valence-corrected chi connectivity index (χ0v) is 18.1. The lowest BCUT2D eigenvalue weighted by atomic mass is 9.71. The summed E-state index contributed by atoms with van der Waals surface area (Å²) in [5, 5.41) is 11.4. The van der Waals surface area contributed by atoms with Gasteiger partial charge in [-0.15, -0.1) is 0 Å². The molecule has 0 radical (unpaired) electrons. The van der Waals surface area contributed by atoms with Crippen molar-refractivity contribution in [3.8, 4) is 0 Å². The summed E-state index contributed by atoms with van der Waals surface area (Å²) >= 11 is 6.31. The van der Waals surface area contributed by atoms with Gasteiger partial charge in [-0.2, -0.15) is 0 Å². The van der Waals surface area contributed by atoms with Crippen LogP contribution < -0.4 is 0 Å². The second-order valence-corrected chi connectivity index (χ2v) is 8.62. The highest BCUT2D eigenvalue weighted by Gasteiger charge is 2.68. The summed E-state index contributed by atoms with van der Waals surface area (Å²) in [6.45, 7) is 0.108. The lowest BCUT2D eigenvalue weighted by Crippen LogP contribution is -2.57. The van der Waals surface area contributed by atoms with Crippen LogP contribution in [0.15, 0.2) is 65.1 Å². The number of hydrogen-bond acceptors (Lipinski definition) is 7. The summed E-state index contributed by atoms with van der Waals surface area (Å²) in [5.74, 6) is -3.74. The summed E-state index contributed by atoms with van der Waals surface area (Å²) in [6, 6.07) is 15.5. The fourth-order valence-electron chi connectivity index (χ4n) is 5.19. The van der Waals surface area contributed by atoms with Gasteiger partial charge in [0.05, 0.1) is 17.0 Å². The quantitative estimate of drug-likeness (QED) is 0.246. The summed E-state index contributed by atoms with van der Waals surface area (Å²) in [6.07, 6.45) is 0. The molecular formula is C24H17ClN2O6. The van der Waals surface area contributed by atoms with Crippen LogP contribution in [0.5, 0.6) is 0 Å². The van der Waals surface area contributed by atoms with Crippen molar-refractivity contribution in [1.29, 1.82) is 0 Å². The number of likely N-dealkylation sites (N-methyl/N-ethyl adjacent to an activating group) is 1. The van der Waals surface area contributed by atoms with Gasteiger partial charge in [0, 0.05) is 29.2 Å². The van der Waals surface area contributed by atoms with Crippen molar-refractivity contribution in [1.82, 2.24) is 4.90 Å². The molecule has 0 amide bonds. The summed E-state index contributed by atoms with van der Waals surface area (Å²) < 4.78 is 5.44. The number of Topliss-reactive ketones (excluding diaryl/α,β-unsaturated/α-hetero) is 3. The van der Waals surface area contributed by atoms with Crippen molar-refractivity contribution >= 4 is 34.8 Å². The van der Waals surface area contributed by atoms with Crippen molar-refractivity contribution in [2.75, 3.05) is 13.6 Å². The lowest BCUT2D eigenvalue weighted by Gasteiger charge is -2.33. The standard InChI is InChI=1S/C24H17ClN2O6/c1-26-12-16(18-10-11-19(33-18)27(31)32)20(21(28)15-8-4-5-9-17(15)25)24(26)22(29)13-6-2-3-7-14(13)23(24)30/h2-11,16,20H,12H2,1H3/t16-,20+/m1/s1. The van der Waals surface area contributed by atoms with Crippen LogP contribution in [-0.4, -0.2) is 46.3 Å². The maximum atomic E-state index is 14.0. The van der Waals surface area contributed by atoms with E-state index in [1.165, 1.54) is 18.2 Å². The number of benzene rings is 2. The predicted octanol–water partition coefficient (Wildman–Crippen LogP) is 4.19. The first-order chi connectivity index (χ1) is 15.8. The van der Waals surface area contributed by atoms with E-state index in [4.69, 9.17) is 16.0 Å². The van der Waals surface area contributed by atoms with E-state index in [2.05, 4.69) is 0 Å². The molecule has 1 saturated heterocycles. The number of ketones is 3. The van der Waals surface area contributed by atoms with Gasteiger partial charge in [-0.3, -0.25) is 29.4 Å². The highest BCUT2D eigenvalue weighted by Crippen LogP contribution is 2.52. The summed E-state index contributed by atoms with van der Waals surface area (Å²) in [4.78, 5) is 53.6. The summed E-state index contributed by atoms with van der Waals surface area (Å²) in [5.41, 5.74) is -1.14. The van der Waals surface area contributed by atoms with Crippen LogP contribution in [0.4, 0.5) is 5.88 Å². The molecule has 33 heavy (non-hydrogen) atoms. The molecule has 2 aliphatic rings. The number of likely N-dealkylation sites (tertiary alicyclic amines) is 1. The highest BCUT2D eigenvalue weighted by atomic mass is 35.5. The molecule has 8 nitrogen and oxygen atoms in total. The number of furan rings is 1. The van der Waals surface area contributed by atoms with Crippen LogP contribution in [0, 0.1) is 16.0 Å². The van der Waals surface area contributed by atoms with Gasteiger partial charge in [0.15, 0.2) is 22.9 Å². The first kappa shape index (κ1) is 21.2. The molecule has 1 aromatic heterocycles. The maximum absolute atomic E-state index is 14.0. The Kier molecular flexibility index (Phi) is 4.81. The van der Waals surface area contributed by atoms with Gasteiger partial charge < -0.3 is 4.42 Å². The molecular weight excluding hydrogens is 448 g/mol. The van der Waals surface area contributed by atoms with E-state index in [9.17, 15) is 24.5 Å². The number of nitrogens with zero attached hydrogens (tertiary/aromatic N) is 2. The van der Waals surface area contributed by atoms with Crippen LogP contribution >= 0.6 is 11.6 Å². The maximum Gasteiger partial charge on any atom is 0.433 e. The van der Waals surface area contributed by atoms with Crippen molar-refractivity contribution < 1.29 is 23.7 Å². The Bertz CT molecular complexity index is 1310. The van der Waals surface area contributed by atoms with E-state index in [1.807, 2.05) is 0 Å². The van der Waals surface area contributed by atoms with E-state index in [0.29, 0.717) is 0 Å². The molecule has 9 heteroatoms. The van der Waals surface area contributed by atoms with Crippen LogP contribution in [0.25, 0.3) is 0 Å². The van der Waals surface area contributed by atoms with Crippen LogP contribution in [0.3, 0.4) is 0 Å². The molecule has 0 saturated carbocycles. The largest absolute Gasteiger partial charge is 0.433 e. The van der Waals surface area contributed by atoms with Crippen LogP contribution in [-0.2, 0) is 0 Å². The Morgan fingerprint density at radius 2 is 1.67 bits per heavy atom. The van der Waals surface area contributed by atoms with Gasteiger partial charge in [0.2, 0.25) is 0 Å². The van der Waals surface area contributed by atoms with E-state index in [-0.39, 0.29) is 34.0 Å². The second kappa shape index (κ2) is 7.47. The zero-order valence-electron chi connectivity index (χ0n) is 17.4. The number of fused-ring (bicyclic) bond motifs is 1. The third-order valence-corrected chi connectivity index (χ3v) is 6.94. The Balaban J connectivity index is 1.73. The predicted molar refractivity (Wildman–Crippen MR) is 118 cm³/mol. The van der Waals surface area contributed by atoms with Crippen molar-refractivity contribution in [2.45, 2.75) is 11.5 Å². The molecule has 0 N–H and O–H groups in total. The van der Waals surface area contributed by atoms with Crippen LogP contribution in [0.2, 0.25) is 5.02 Å². The van der Waals surface area contributed by atoms with Crippen molar-refractivity contribution in [3.05, 3.63) is 98.3 Å². The van der Waals surface area contributed by atoms with Gasteiger partial charge in [-0.25, -0.2) is 0 Å². The fourth-order valence-corrected chi connectivity index (χ4v) is 5.42. The van der Waals surface area contributed by atoms with Gasteiger partial charge in [0.25, 0.3) is 0 Å². The number of hydrogen-bond donors (Lipinski definition) is 0. The fraction of sp³-hybridized carbons (Fsp3) is 0.208. The molecule has 5 rings (SSSR count). The minimum Gasteiger partial charge on any atom is -0.405 e. The van der Waals surface area contributed by atoms with Gasteiger partial charge in [0.1, 0.15) is 10.7 Å². The monoisotopic (exact) mass is 464 g/mol.